The number of benzene rings is 1. The van der Waals surface area contributed by atoms with Crippen molar-refractivity contribution in [3.05, 3.63) is 65.5 Å². The van der Waals surface area contributed by atoms with Crippen LogP contribution in [0.15, 0.2) is 48.7 Å². The molecule has 0 aliphatic carbocycles. The first-order valence-electron chi connectivity index (χ1n) is 8.95. The molecule has 6 nitrogen and oxygen atoms in total. The maximum Gasteiger partial charge on any atom is 0.339 e. The minimum atomic E-state index is -1.03. The first kappa shape index (κ1) is 18.6. The Morgan fingerprint density at radius 2 is 1.93 bits per heavy atom. The number of nitrogens with zero attached hydrogens (tertiary/aromatic N) is 3. The van der Waals surface area contributed by atoms with E-state index in [1.807, 2.05) is 28.9 Å². The van der Waals surface area contributed by atoms with E-state index in [9.17, 15) is 9.90 Å². The lowest BCUT2D eigenvalue weighted by atomic mass is 9.92. The van der Waals surface area contributed by atoms with Crippen molar-refractivity contribution in [1.82, 2.24) is 14.8 Å². The Morgan fingerprint density at radius 1 is 1.19 bits per heavy atom. The van der Waals surface area contributed by atoms with Gasteiger partial charge in [0.1, 0.15) is 17.2 Å². The van der Waals surface area contributed by atoms with E-state index in [-0.39, 0.29) is 11.0 Å². The summed E-state index contributed by atoms with van der Waals surface area (Å²) in [6.45, 7) is 8.39. The van der Waals surface area contributed by atoms with Crippen molar-refractivity contribution in [2.24, 2.45) is 0 Å². The van der Waals surface area contributed by atoms with E-state index in [4.69, 9.17) is 5.10 Å². The van der Waals surface area contributed by atoms with E-state index >= 15 is 0 Å². The van der Waals surface area contributed by atoms with Crippen molar-refractivity contribution in [3.63, 3.8) is 0 Å². The van der Waals surface area contributed by atoms with Gasteiger partial charge in [-0.3, -0.25) is 0 Å². The molecule has 2 aromatic heterocycles. The predicted octanol–water partition coefficient (Wildman–Crippen LogP) is 4.57. The third kappa shape index (κ3) is 3.84. The summed E-state index contributed by atoms with van der Waals surface area (Å²) in [5.41, 5.74) is 2.99. The van der Waals surface area contributed by atoms with Crippen LogP contribution < -0.4 is 5.32 Å². The maximum atomic E-state index is 11.5. The zero-order valence-electron chi connectivity index (χ0n) is 16.0. The van der Waals surface area contributed by atoms with E-state index < -0.39 is 5.97 Å². The Morgan fingerprint density at radius 3 is 2.59 bits per heavy atom. The van der Waals surface area contributed by atoms with Gasteiger partial charge in [-0.1, -0.05) is 45.9 Å². The largest absolute Gasteiger partial charge is 0.478 e. The molecule has 2 heterocycles. The first-order chi connectivity index (χ1) is 12.8. The zero-order valence-corrected chi connectivity index (χ0v) is 16.0. The molecule has 0 amide bonds. The van der Waals surface area contributed by atoms with Gasteiger partial charge in [-0.25, -0.2) is 14.5 Å². The molecule has 3 aromatic rings. The summed E-state index contributed by atoms with van der Waals surface area (Å²) < 4.78 is 1.83. The normalized spacial score (nSPS) is 11.4. The van der Waals surface area contributed by atoms with Crippen LogP contribution >= 0.6 is 0 Å². The molecule has 0 saturated heterocycles. The number of carboxylic acids is 1. The second-order valence-corrected chi connectivity index (χ2v) is 7.39. The average Bonchev–Trinajstić information content (AvgIpc) is 3.06. The molecule has 0 unspecified atom stereocenters. The molecular weight excluding hydrogens is 340 g/mol. The third-order valence-electron chi connectivity index (χ3n) is 4.36. The smallest absolute Gasteiger partial charge is 0.339 e. The number of aryl methyl sites for hydroxylation is 1. The van der Waals surface area contributed by atoms with Crippen LogP contribution in [0.1, 0.15) is 49.3 Å². The molecule has 1 aromatic carbocycles. The van der Waals surface area contributed by atoms with Crippen LogP contribution in [-0.4, -0.2) is 25.8 Å². The Labute approximate surface area is 158 Å². The molecule has 3 rings (SSSR count). The highest BCUT2D eigenvalue weighted by Crippen LogP contribution is 2.29. The number of nitrogens with one attached hydrogen (secondary N) is 1. The van der Waals surface area contributed by atoms with Gasteiger partial charge in [-0.15, -0.1) is 0 Å². The quantitative estimate of drug-likeness (QED) is 0.693. The van der Waals surface area contributed by atoms with Gasteiger partial charge >= 0.3 is 5.97 Å². The summed E-state index contributed by atoms with van der Waals surface area (Å²) in [5, 5.41) is 17.4. The molecule has 0 radical (unpaired) electrons. The zero-order chi connectivity index (χ0) is 19.6. The van der Waals surface area contributed by atoms with Gasteiger partial charge in [-0.05, 0) is 30.2 Å². The Kier molecular flexibility index (Phi) is 4.99. The van der Waals surface area contributed by atoms with Gasteiger partial charge in [0.25, 0.3) is 0 Å². The van der Waals surface area contributed by atoms with Crippen molar-refractivity contribution in [1.29, 1.82) is 0 Å². The summed E-state index contributed by atoms with van der Waals surface area (Å²) in [5.74, 6) is -0.0516. The molecule has 0 saturated carbocycles. The van der Waals surface area contributed by atoms with E-state index in [2.05, 4.69) is 44.1 Å². The lowest BCUT2D eigenvalue weighted by molar-refractivity contribution is 0.0697. The molecule has 2 N–H and O–H groups in total. The molecule has 0 fully saturated rings. The fourth-order valence-corrected chi connectivity index (χ4v) is 2.84. The highest BCUT2D eigenvalue weighted by atomic mass is 16.4. The summed E-state index contributed by atoms with van der Waals surface area (Å²) in [4.78, 5) is 15.7. The van der Waals surface area contributed by atoms with Crippen LogP contribution in [-0.2, 0) is 11.8 Å². The van der Waals surface area contributed by atoms with Crippen LogP contribution in [0.25, 0.3) is 5.69 Å². The van der Waals surface area contributed by atoms with Crippen molar-refractivity contribution < 1.29 is 9.90 Å². The Bertz CT molecular complexity index is 970. The van der Waals surface area contributed by atoms with Gasteiger partial charge in [0.05, 0.1) is 11.4 Å². The minimum Gasteiger partial charge on any atom is -0.478 e. The number of pyridine rings is 1. The van der Waals surface area contributed by atoms with Gasteiger partial charge in [0, 0.05) is 17.7 Å². The summed E-state index contributed by atoms with van der Waals surface area (Å²) >= 11 is 0. The van der Waals surface area contributed by atoms with Crippen LogP contribution in [0.2, 0.25) is 0 Å². The fourth-order valence-electron chi connectivity index (χ4n) is 2.84. The van der Waals surface area contributed by atoms with E-state index in [1.54, 1.807) is 12.3 Å². The summed E-state index contributed by atoms with van der Waals surface area (Å²) in [7, 11) is 0. The number of anilines is 2. The van der Waals surface area contributed by atoms with Crippen LogP contribution in [0.4, 0.5) is 11.6 Å². The number of hydrogen-bond donors (Lipinski definition) is 2. The molecule has 0 aliphatic rings. The number of rotatable bonds is 5. The fraction of sp³-hybridized carbons (Fsp3) is 0.286. The summed E-state index contributed by atoms with van der Waals surface area (Å²) in [6.07, 6.45) is 2.43. The molecule has 140 valence electrons. The molecule has 27 heavy (non-hydrogen) atoms. The number of carboxylic acid groups (broad SMARTS) is 1. The van der Waals surface area contributed by atoms with Crippen LogP contribution in [0, 0.1) is 0 Å². The van der Waals surface area contributed by atoms with Crippen molar-refractivity contribution >= 4 is 17.6 Å². The number of carbonyl (C=O) groups is 1. The molecule has 0 aliphatic heterocycles. The van der Waals surface area contributed by atoms with Gasteiger partial charge in [0.2, 0.25) is 0 Å². The average molecular weight is 364 g/mol. The monoisotopic (exact) mass is 364 g/mol. The predicted molar refractivity (Wildman–Crippen MR) is 106 cm³/mol. The number of para-hydroxylation sites is 1. The Balaban J connectivity index is 2.15. The summed E-state index contributed by atoms with van der Waals surface area (Å²) in [6, 6.07) is 13.2. The maximum absolute atomic E-state index is 11.5. The highest BCUT2D eigenvalue weighted by Gasteiger charge is 2.22. The van der Waals surface area contributed by atoms with Crippen molar-refractivity contribution in [3.8, 4) is 5.69 Å². The standard InChI is InChI=1S/C21H24N4O2/c1-5-14-9-6-7-11-16(14)25-18(13-17(24-25)21(2,3)4)23-19-15(20(26)27)10-8-12-22-19/h6-13H,5H2,1-4H3,(H,22,23)(H,26,27). The van der Waals surface area contributed by atoms with Gasteiger partial charge < -0.3 is 10.4 Å². The highest BCUT2D eigenvalue weighted by molar-refractivity contribution is 5.93. The van der Waals surface area contributed by atoms with Crippen molar-refractivity contribution in [2.75, 3.05) is 5.32 Å². The van der Waals surface area contributed by atoms with E-state index in [0.29, 0.717) is 11.6 Å². The lowest BCUT2D eigenvalue weighted by Gasteiger charge is -2.15. The molecule has 6 heteroatoms. The molecule has 0 atom stereocenters. The van der Waals surface area contributed by atoms with E-state index in [1.165, 1.54) is 6.07 Å². The first-order valence-corrected chi connectivity index (χ1v) is 8.95. The topological polar surface area (TPSA) is 80.0 Å². The third-order valence-corrected chi connectivity index (χ3v) is 4.36. The number of aromatic nitrogens is 3. The number of hydrogen-bond acceptors (Lipinski definition) is 4. The van der Waals surface area contributed by atoms with Crippen LogP contribution in [0.3, 0.4) is 0 Å². The second kappa shape index (κ2) is 7.23. The lowest BCUT2D eigenvalue weighted by Crippen LogP contribution is -2.13. The van der Waals surface area contributed by atoms with Gasteiger partial charge in [-0.2, -0.15) is 5.10 Å². The van der Waals surface area contributed by atoms with Crippen molar-refractivity contribution in [2.45, 2.75) is 39.5 Å². The SMILES string of the molecule is CCc1ccccc1-n1nc(C(C)(C)C)cc1Nc1ncccc1C(=O)O. The Hall–Kier alpha value is -3.15. The van der Waals surface area contributed by atoms with Crippen LogP contribution in [0.5, 0.6) is 0 Å². The molecular formula is C21H24N4O2. The van der Waals surface area contributed by atoms with E-state index in [0.717, 1.165) is 23.4 Å². The minimum absolute atomic E-state index is 0.117. The second-order valence-electron chi connectivity index (χ2n) is 7.39. The molecule has 0 bridgehead atoms. The molecule has 0 spiro atoms. The number of aromatic carboxylic acids is 1. The van der Waals surface area contributed by atoms with Gasteiger partial charge in [0.15, 0.2) is 0 Å².